The Balaban J connectivity index is 1.66. The molecule has 102 valence electrons. The van der Waals surface area contributed by atoms with E-state index in [0.717, 1.165) is 26.2 Å². The fourth-order valence-electron chi connectivity index (χ4n) is 2.58. The van der Waals surface area contributed by atoms with Crippen molar-refractivity contribution in [3.8, 4) is 0 Å². The smallest absolute Gasteiger partial charge is 0.0948 e. The predicted octanol–water partition coefficient (Wildman–Crippen LogP) is 2.29. The molecule has 1 aromatic rings. The Kier molecular flexibility index (Phi) is 5.20. The van der Waals surface area contributed by atoms with Crippen molar-refractivity contribution in [1.82, 2.24) is 14.5 Å². The lowest BCUT2D eigenvalue weighted by Crippen LogP contribution is -2.22. The van der Waals surface area contributed by atoms with Crippen LogP contribution in [0.4, 0.5) is 0 Å². The summed E-state index contributed by atoms with van der Waals surface area (Å²) in [5.41, 5.74) is 1.30. The minimum absolute atomic E-state index is 0.527. The number of hydrogen-bond donors (Lipinski definition) is 0. The van der Waals surface area contributed by atoms with E-state index in [2.05, 4.69) is 28.4 Å². The van der Waals surface area contributed by atoms with Gasteiger partial charge >= 0.3 is 0 Å². The highest BCUT2D eigenvalue weighted by atomic mass is 16.5. The maximum Gasteiger partial charge on any atom is 0.0948 e. The largest absolute Gasteiger partial charge is 0.378 e. The lowest BCUT2D eigenvalue weighted by molar-refractivity contribution is 0.0994. The zero-order valence-electron chi connectivity index (χ0n) is 11.6. The summed E-state index contributed by atoms with van der Waals surface area (Å²) in [6, 6.07) is 0. The van der Waals surface area contributed by atoms with Gasteiger partial charge in [0.15, 0.2) is 0 Å². The van der Waals surface area contributed by atoms with Crippen LogP contribution in [0.2, 0.25) is 0 Å². The first-order valence-corrected chi connectivity index (χ1v) is 7.08. The Morgan fingerprint density at radius 2 is 2.44 bits per heavy atom. The molecule has 4 nitrogen and oxygen atoms in total. The van der Waals surface area contributed by atoms with Gasteiger partial charge in [-0.25, -0.2) is 4.98 Å². The molecule has 1 aliphatic rings. The van der Waals surface area contributed by atoms with Gasteiger partial charge in [0, 0.05) is 25.9 Å². The zero-order chi connectivity index (χ0) is 12.8. The molecule has 1 aromatic heterocycles. The van der Waals surface area contributed by atoms with Crippen molar-refractivity contribution in [1.29, 1.82) is 0 Å². The van der Waals surface area contributed by atoms with Crippen LogP contribution in [0.3, 0.4) is 0 Å². The molecule has 2 heterocycles. The third kappa shape index (κ3) is 3.82. The second kappa shape index (κ2) is 6.90. The van der Waals surface area contributed by atoms with Crippen molar-refractivity contribution in [2.75, 3.05) is 20.2 Å². The number of rotatable bonds is 7. The molecule has 0 saturated carbocycles. The van der Waals surface area contributed by atoms with Gasteiger partial charge in [0.05, 0.1) is 18.1 Å². The molecule has 0 bridgehead atoms. The summed E-state index contributed by atoms with van der Waals surface area (Å²) in [5, 5.41) is 0. The van der Waals surface area contributed by atoms with Gasteiger partial charge in [-0.05, 0) is 46.2 Å². The molecule has 1 saturated heterocycles. The van der Waals surface area contributed by atoms with Gasteiger partial charge in [0.25, 0.3) is 0 Å². The SMILES string of the molecule is CCn1cncc1CN(C)CCC[C@@H]1CCCO1. The Morgan fingerprint density at radius 3 is 3.17 bits per heavy atom. The van der Waals surface area contributed by atoms with Crippen LogP contribution >= 0.6 is 0 Å². The molecule has 1 fully saturated rings. The molecule has 0 amide bonds. The van der Waals surface area contributed by atoms with E-state index in [9.17, 15) is 0 Å². The highest BCUT2D eigenvalue weighted by Gasteiger charge is 2.15. The number of hydrogen-bond acceptors (Lipinski definition) is 3. The zero-order valence-corrected chi connectivity index (χ0v) is 11.6. The van der Waals surface area contributed by atoms with E-state index in [4.69, 9.17) is 4.74 Å². The molecule has 0 unspecified atom stereocenters. The Hall–Kier alpha value is -0.870. The number of ether oxygens (including phenoxy) is 1. The molecule has 4 heteroatoms. The van der Waals surface area contributed by atoms with Gasteiger partial charge in [-0.15, -0.1) is 0 Å². The third-order valence-electron chi connectivity index (χ3n) is 3.66. The summed E-state index contributed by atoms with van der Waals surface area (Å²) < 4.78 is 7.85. The van der Waals surface area contributed by atoms with Crippen molar-refractivity contribution in [2.24, 2.45) is 0 Å². The van der Waals surface area contributed by atoms with E-state index >= 15 is 0 Å². The maximum atomic E-state index is 5.64. The first-order valence-electron chi connectivity index (χ1n) is 7.08. The standard InChI is InChI=1S/C14H25N3O/c1-3-17-12-15-10-13(17)11-16(2)8-4-6-14-7-5-9-18-14/h10,12,14H,3-9,11H2,1-2H3/t14-/m1/s1. The topological polar surface area (TPSA) is 30.3 Å². The number of aromatic nitrogens is 2. The number of imidazole rings is 1. The van der Waals surface area contributed by atoms with Crippen LogP contribution in [0.5, 0.6) is 0 Å². The fourth-order valence-corrected chi connectivity index (χ4v) is 2.58. The van der Waals surface area contributed by atoms with Gasteiger partial charge in [-0.1, -0.05) is 0 Å². The summed E-state index contributed by atoms with van der Waals surface area (Å²) in [5.74, 6) is 0. The molecular formula is C14H25N3O. The van der Waals surface area contributed by atoms with Crippen LogP contribution in [0.25, 0.3) is 0 Å². The normalized spacial score (nSPS) is 19.8. The van der Waals surface area contributed by atoms with Crippen LogP contribution in [-0.2, 0) is 17.8 Å². The van der Waals surface area contributed by atoms with E-state index in [1.54, 1.807) is 0 Å². The van der Waals surface area contributed by atoms with Crippen LogP contribution < -0.4 is 0 Å². The summed E-state index contributed by atoms with van der Waals surface area (Å²) >= 11 is 0. The first kappa shape index (κ1) is 13.6. The number of nitrogens with zero attached hydrogens (tertiary/aromatic N) is 3. The van der Waals surface area contributed by atoms with Crippen LogP contribution in [0.1, 0.15) is 38.3 Å². The molecule has 0 spiro atoms. The predicted molar refractivity (Wildman–Crippen MR) is 72.4 cm³/mol. The highest BCUT2D eigenvalue weighted by molar-refractivity contribution is 4.97. The second-order valence-electron chi connectivity index (χ2n) is 5.19. The molecule has 0 aromatic carbocycles. The molecule has 2 rings (SSSR count). The third-order valence-corrected chi connectivity index (χ3v) is 3.66. The van der Waals surface area contributed by atoms with Crippen molar-refractivity contribution in [2.45, 2.75) is 51.8 Å². The minimum atomic E-state index is 0.527. The average Bonchev–Trinajstić information content (AvgIpc) is 3.00. The first-order chi connectivity index (χ1) is 8.79. The quantitative estimate of drug-likeness (QED) is 0.745. The van der Waals surface area contributed by atoms with Crippen LogP contribution in [0, 0.1) is 0 Å². The van der Waals surface area contributed by atoms with Crippen molar-refractivity contribution >= 4 is 0 Å². The van der Waals surface area contributed by atoms with Gasteiger partial charge in [0.1, 0.15) is 0 Å². The van der Waals surface area contributed by atoms with Crippen molar-refractivity contribution < 1.29 is 4.74 Å². The van der Waals surface area contributed by atoms with Gasteiger partial charge in [0.2, 0.25) is 0 Å². The fraction of sp³-hybridized carbons (Fsp3) is 0.786. The maximum absolute atomic E-state index is 5.64. The molecule has 0 radical (unpaired) electrons. The van der Waals surface area contributed by atoms with E-state index in [1.165, 1.54) is 31.4 Å². The van der Waals surface area contributed by atoms with Gasteiger partial charge < -0.3 is 14.2 Å². The highest BCUT2D eigenvalue weighted by Crippen LogP contribution is 2.17. The molecule has 1 aliphatic heterocycles. The monoisotopic (exact) mass is 251 g/mol. The average molecular weight is 251 g/mol. The Morgan fingerprint density at radius 1 is 1.56 bits per heavy atom. The number of aryl methyl sites for hydroxylation is 1. The molecule has 0 N–H and O–H groups in total. The Bertz CT molecular complexity index is 345. The van der Waals surface area contributed by atoms with E-state index in [-0.39, 0.29) is 0 Å². The van der Waals surface area contributed by atoms with Crippen LogP contribution in [0.15, 0.2) is 12.5 Å². The van der Waals surface area contributed by atoms with E-state index in [1.807, 2.05) is 12.5 Å². The second-order valence-corrected chi connectivity index (χ2v) is 5.19. The van der Waals surface area contributed by atoms with Crippen molar-refractivity contribution in [3.05, 3.63) is 18.2 Å². The molecular weight excluding hydrogens is 226 g/mol. The lowest BCUT2D eigenvalue weighted by atomic mass is 10.1. The van der Waals surface area contributed by atoms with Gasteiger partial charge in [-0.3, -0.25) is 0 Å². The summed E-state index contributed by atoms with van der Waals surface area (Å²) in [4.78, 5) is 6.58. The van der Waals surface area contributed by atoms with E-state index in [0.29, 0.717) is 6.10 Å². The molecule has 1 atom stereocenters. The van der Waals surface area contributed by atoms with Crippen LogP contribution in [-0.4, -0.2) is 40.8 Å². The Labute approximate surface area is 110 Å². The van der Waals surface area contributed by atoms with E-state index < -0.39 is 0 Å². The van der Waals surface area contributed by atoms with Crippen molar-refractivity contribution in [3.63, 3.8) is 0 Å². The molecule has 18 heavy (non-hydrogen) atoms. The van der Waals surface area contributed by atoms with Gasteiger partial charge in [-0.2, -0.15) is 0 Å². The summed E-state index contributed by atoms with van der Waals surface area (Å²) in [6.45, 7) is 6.24. The molecule has 0 aliphatic carbocycles. The minimum Gasteiger partial charge on any atom is -0.378 e. The summed E-state index contributed by atoms with van der Waals surface area (Å²) in [6.07, 6.45) is 9.34. The summed E-state index contributed by atoms with van der Waals surface area (Å²) in [7, 11) is 2.18. The lowest BCUT2D eigenvalue weighted by Gasteiger charge is -2.18.